The Balaban J connectivity index is 1.64. The van der Waals surface area contributed by atoms with Gasteiger partial charge in [-0.1, -0.05) is 18.2 Å². The van der Waals surface area contributed by atoms with Gasteiger partial charge >= 0.3 is 0 Å². The minimum Gasteiger partial charge on any atom is -0.369 e. The zero-order valence-corrected chi connectivity index (χ0v) is 17.7. The lowest BCUT2D eigenvalue weighted by molar-refractivity contribution is -0.122. The van der Waals surface area contributed by atoms with Gasteiger partial charge in [0.2, 0.25) is 11.9 Å². The monoisotopic (exact) mass is 436 g/mol. The Hall–Kier alpha value is -3.82. The summed E-state index contributed by atoms with van der Waals surface area (Å²) in [6.07, 6.45) is 6.33. The molecule has 1 aliphatic heterocycles. The molecule has 1 amide bonds. The minimum absolute atomic E-state index is 0.233. The minimum atomic E-state index is -0.365. The van der Waals surface area contributed by atoms with Gasteiger partial charge in [-0.15, -0.1) is 0 Å². The number of nitrogens with two attached hydrogens (primary N) is 1. The molecule has 10 heteroatoms. The molecule has 1 fully saturated rings. The summed E-state index contributed by atoms with van der Waals surface area (Å²) in [7, 11) is 0. The summed E-state index contributed by atoms with van der Waals surface area (Å²) < 4.78 is 14.2. The largest absolute Gasteiger partial charge is 0.369 e. The van der Waals surface area contributed by atoms with Crippen LogP contribution in [0.15, 0.2) is 48.9 Å². The first-order valence-corrected chi connectivity index (χ1v) is 10.5. The third kappa shape index (κ3) is 5.08. The molecule has 0 radical (unpaired) electrons. The van der Waals surface area contributed by atoms with Crippen molar-refractivity contribution in [1.82, 2.24) is 19.9 Å². The number of primary amides is 1. The van der Waals surface area contributed by atoms with E-state index in [1.165, 1.54) is 6.07 Å². The fourth-order valence-corrected chi connectivity index (χ4v) is 3.73. The van der Waals surface area contributed by atoms with Crippen LogP contribution in [0.25, 0.3) is 0 Å². The number of hydrogen-bond acceptors (Lipinski definition) is 8. The van der Waals surface area contributed by atoms with Crippen LogP contribution >= 0.6 is 0 Å². The Kier molecular flexibility index (Phi) is 6.39. The molecular weight excluding hydrogens is 411 g/mol. The first-order chi connectivity index (χ1) is 15.5. The highest BCUT2D eigenvalue weighted by molar-refractivity contribution is 5.77. The van der Waals surface area contributed by atoms with Crippen molar-refractivity contribution in [2.24, 2.45) is 11.7 Å². The van der Waals surface area contributed by atoms with Crippen LogP contribution in [0, 0.1) is 11.7 Å². The molecule has 0 saturated carbocycles. The Morgan fingerprint density at radius 2 is 2.09 bits per heavy atom. The molecule has 4 N–H and O–H groups in total. The van der Waals surface area contributed by atoms with E-state index in [4.69, 9.17) is 5.73 Å². The van der Waals surface area contributed by atoms with Crippen LogP contribution in [0.4, 0.5) is 27.8 Å². The zero-order chi connectivity index (χ0) is 22.5. The maximum absolute atomic E-state index is 14.2. The highest BCUT2D eigenvalue weighted by Gasteiger charge is 2.26. The molecule has 3 aromatic rings. The van der Waals surface area contributed by atoms with Gasteiger partial charge in [-0.05, 0) is 25.8 Å². The summed E-state index contributed by atoms with van der Waals surface area (Å²) in [5.74, 6) is 1.14. The third-order valence-corrected chi connectivity index (χ3v) is 5.40. The van der Waals surface area contributed by atoms with E-state index >= 15 is 0 Å². The topological polar surface area (TPSA) is 122 Å². The van der Waals surface area contributed by atoms with Gasteiger partial charge in [0.15, 0.2) is 0 Å². The zero-order valence-electron chi connectivity index (χ0n) is 17.7. The van der Waals surface area contributed by atoms with E-state index in [-0.39, 0.29) is 23.7 Å². The number of halogens is 1. The smallest absolute Gasteiger partial charge is 0.227 e. The SMILES string of the molecule is C[C@H](Nc1nc(Nc2cnccn2)cc(N2CCCC(C(N)=O)C2)n1)c1ccccc1F. The second kappa shape index (κ2) is 9.54. The molecule has 32 heavy (non-hydrogen) atoms. The van der Waals surface area contributed by atoms with Crippen molar-refractivity contribution >= 4 is 29.3 Å². The number of amides is 1. The Bertz CT molecular complexity index is 1080. The van der Waals surface area contributed by atoms with Crippen LogP contribution < -0.4 is 21.3 Å². The molecule has 166 valence electrons. The number of nitrogens with zero attached hydrogens (tertiary/aromatic N) is 5. The standard InChI is InChI=1S/C22H25FN8O/c1-14(16-6-2-3-7-17(16)23)27-22-29-18(28-19-12-25-8-9-26-19)11-20(30-22)31-10-4-5-15(13-31)21(24)32/h2-3,6-9,11-12,14-15H,4-5,10,13H2,1H3,(H2,24,32)(H2,26,27,28,29,30)/t14-,15?/m0/s1. The maximum atomic E-state index is 14.2. The summed E-state index contributed by atoms with van der Waals surface area (Å²) in [5, 5.41) is 6.31. The molecule has 9 nitrogen and oxygen atoms in total. The van der Waals surface area contributed by atoms with Crippen LogP contribution in [0.1, 0.15) is 31.4 Å². The van der Waals surface area contributed by atoms with Crippen LogP contribution in [0.5, 0.6) is 0 Å². The molecule has 0 aliphatic carbocycles. The molecule has 0 spiro atoms. The second-order valence-corrected chi connectivity index (χ2v) is 7.73. The van der Waals surface area contributed by atoms with Gasteiger partial charge in [0.25, 0.3) is 0 Å². The van der Waals surface area contributed by atoms with E-state index in [1.54, 1.807) is 42.9 Å². The number of carbonyl (C=O) groups is 1. The lowest BCUT2D eigenvalue weighted by atomic mass is 9.97. The fourth-order valence-electron chi connectivity index (χ4n) is 3.73. The van der Waals surface area contributed by atoms with Crippen LogP contribution in [0.2, 0.25) is 0 Å². The number of piperidine rings is 1. The molecule has 1 aliphatic rings. The van der Waals surface area contributed by atoms with Crippen LogP contribution in [-0.2, 0) is 4.79 Å². The maximum Gasteiger partial charge on any atom is 0.227 e. The van der Waals surface area contributed by atoms with Crippen LogP contribution in [0.3, 0.4) is 0 Å². The van der Waals surface area contributed by atoms with Gasteiger partial charge in [-0.3, -0.25) is 9.78 Å². The molecule has 0 bridgehead atoms. The summed E-state index contributed by atoms with van der Waals surface area (Å²) in [4.78, 5) is 31.2. The number of rotatable bonds is 7. The third-order valence-electron chi connectivity index (χ3n) is 5.40. The predicted molar refractivity (Wildman–Crippen MR) is 120 cm³/mol. The summed E-state index contributed by atoms with van der Waals surface area (Å²) >= 11 is 0. The van der Waals surface area contributed by atoms with Gasteiger partial charge in [0.05, 0.1) is 18.2 Å². The number of hydrogen-bond donors (Lipinski definition) is 3. The van der Waals surface area contributed by atoms with E-state index in [0.29, 0.717) is 35.5 Å². The van der Waals surface area contributed by atoms with E-state index in [2.05, 4.69) is 30.6 Å². The van der Waals surface area contributed by atoms with E-state index in [9.17, 15) is 9.18 Å². The summed E-state index contributed by atoms with van der Waals surface area (Å²) in [6.45, 7) is 3.07. The van der Waals surface area contributed by atoms with Crippen molar-refractivity contribution in [3.8, 4) is 0 Å². The van der Waals surface area contributed by atoms with Gasteiger partial charge in [0.1, 0.15) is 23.3 Å². The van der Waals surface area contributed by atoms with Crippen molar-refractivity contribution in [2.75, 3.05) is 28.6 Å². The Morgan fingerprint density at radius 3 is 2.84 bits per heavy atom. The molecule has 1 unspecified atom stereocenters. The summed E-state index contributed by atoms with van der Waals surface area (Å²) in [5.41, 5.74) is 6.05. The van der Waals surface area contributed by atoms with E-state index < -0.39 is 0 Å². The Labute approximate surface area is 185 Å². The average molecular weight is 436 g/mol. The number of benzene rings is 1. The van der Waals surface area contributed by atoms with Crippen LogP contribution in [-0.4, -0.2) is 38.9 Å². The highest BCUT2D eigenvalue weighted by Crippen LogP contribution is 2.27. The van der Waals surface area contributed by atoms with Gasteiger partial charge in [-0.2, -0.15) is 9.97 Å². The lowest BCUT2D eigenvalue weighted by Gasteiger charge is -2.32. The van der Waals surface area contributed by atoms with E-state index in [1.807, 2.05) is 11.8 Å². The van der Waals surface area contributed by atoms with Gasteiger partial charge < -0.3 is 21.3 Å². The molecule has 3 heterocycles. The van der Waals surface area contributed by atoms with Crippen molar-refractivity contribution in [2.45, 2.75) is 25.8 Å². The quantitative estimate of drug-likeness (QED) is 0.517. The number of carbonyl (C=O) groups excluding carboxylic acids is 1. The lowest BCUT2D eigenvalue weighted by Crippen LogP contribution is -2.41. The second-order valence-electron chi connectivity index (χ2n) is 7.73. The van der Waals surface area contributed by atoms with Crippen molar-refractivity contribution in [3.05, 3.63) is 60.3 Å². The van der Waals surface area contributed by atoms with Crippen molar-refractivity contribution < 1.29 is 9.18 Å². The molecule has 4 rings (SSSR count). The molecule has 1 saturated heterocycles. The number of nitrogens with one attached hydrogen (secondary N) is 2. The molecule has 2 aromatic heterocycles. The first-order valence-electron chi connectivity index (χ1n) is 10.5. The Morgan fingerprint density at radius 1 is 1.25 bits per heavy atom. The molecule has 1 aromatic carbocycles. The predicted octanol–water partition coefficient (Wildman–Crippen LogP) is 3.02. The molecule has 2 atom stereocenters. The van der Waals surface area contributed by atoms with Crippen molar-refractivity contribution in [1.29, 1.82) is 0 Å². The first kappa shape index (κ1) is 21.4. The van der Waals surface area contributed by atoms with Gasteiger partial charge in [0, 0.05) is 37.1 Å². The fraction of sp³-hybridized carbons (Fsp3) is 0.318. The number of aromatic nitrogens is 4. The molecular formula is C22H25FN8O. The number of anilines is 4. The highest BCUT2D eigenvalue weighted by atomic mass is 19.1. The van der Waals surface area contributed by atoms with Gasteiger partial charge in [-0.25, -0.2) is 9.37 Å². The average Bonchev–Trinajstić information content (AvgIpc) is 2.80. The summed E-state index contributed by atoms with van der Waals surface area (Å²) in [6, 6.07) is 8.00. The van der Waals surface area contributed by atoms with E-state index in [0.717, 1.165) is 19.4 Å². The van der Waals surface area contributed by atoms with Crippen molar-refractivity contribution in [3.63, 3.8) is 0 Å². The normalized spacial score (nSPS) is 16.9.